The van der Waals surface area contributed by atoms with Crippen molar-refractivity contribution in [1.29, 1.82) is 0 Å². The van der Waals surface area contributed by atoms with Gasteiger partial charge in [-0.3, -0.25) is 9.59 Å². The van der Waals surface area contributed by atoms with Crippen molar-refractivity contribution in [3.63, 3.8) is 0 Å². The Hall–Kier alpha value is -1.77. The highest BCUT2D eigenvalue weighted by molar-refractivity contribution is 5.65. The molecule has 0 unspecified atom stereocenters. The van der Waals surface area contributed by atoms with Crippen molar-refractivity contribution in [3.8, 4) is 0 Å². The minimum absolute atomic E-state index is 0.756. The van der Waals surface area contributed by atoms with Crippen molar-refractivity contribution in [2.24, 2.45) is 0 Å². The van der Waals surface area contributed by atoms with Gasteiger partial charge in [0.25, 0.3) is 0 Å². The topological polar surface area (TPSA) is 51.2 Å². The van der Waals surface area contributed by atoms with Crippen LogP contribution in [0.15, 0.2) is 36.5 Å². The zero-order valence-corrected chi connectivity index (χ0v) is 21.4. The molecule has 0 aromatic heterocycles. The summed E-state index contributed by atoms with van der Waals surface area (Å²) in [6.07, 6.45) is 34.3. The van der Waals surface area contributed by atoms with Crippen LogP contribution in [-0.4, -0.2) is 18.9 Å². The van der Waals surface area contributed by atoms with E-state index in [0.29, 0.717) is 0 Å². The Labute approximate surface area is 199 Å². The van der Waals surface area contributed by atoms with Crippen LogP contribution in [0.25, 0.3) is 0 Å². The molecule has 0 bridgehead atoms. The van der Waals surface area contributed by atoms with Gasteiger partial charge in [0.05, 0.1) is 0 Å². The van der Waals surface area contributed by atoms with Gasteiger partial charge in [0, 0.05) is 6.42 Å². The van der Waals surface area contributed by atoms with Crippen molar-refractivity contribution >= 4 is 18.9 Å². The van der Waals surface area contributed by atoms with Crippen molar-refractivity contribution in [1.82, 2.24) is 0 Å². The molecule has 0 fully saturated rings. The van der Waals surface area contributed by atoms with Gasteiger partial charge in [0.15, 0.2) is 0 Å². The first-order chi connectivity index (χ1) is 15.7. The lowest BCUT2D eigenvalue weighted by Crippen LogP contribution is -1.79. The first-order valence-electron chi connectivity index (χ1n) is 13.1. The Morgan fingerprint density at radius 1 is 0.406 bits per heavy atom. The molecule has 0 aliphatic rings. The van der Waals surface area contributed by atoms with Crippen molar-refractivity contribution in [2.75, 3.05) is 0 Å². The van der Waals surface area contributed by atoms with E-state index in [4.69, 9.17) is 0 Å². The van der Waals surface area contributed by atoms with Crippen molar-refractivity contribution in [3.05, 3.63) is 36.5 Å². The molecule has 0 radical (unpaired) electrons. The predicted molar refractivity (Wildman–Crippen MR) is 141 cm³/mol. The summed E-state index contributed by atoms with van der Waals surface area (Å²) < 4.78 is 0. The lowest BCUT2D eigenvalue weighted by atomic mass is 10.1. The van der Waals surface area contributed by atoms with Crippen LogP contribution in [0.3, 0.4) is 0 Å². The van der Waals surface area contributed by atoms with Crippen LogP contribution in [0, 0.1) is 0 Å². The van der Waals surface area contributed by atoms with Gasteiger partial charge in [0.2, 0.25) is 0 Å². The van der Waals surface area contributed by atoms with E-state index >= 15 is 0 Å². The lowest BCUT2D eigenvalue weighted by molar-refractivity contribution is -0.108. The van der Waals surface area contributed by atoms with Gasteiger partial charge in [-0.15, -0.1) is 0 Å². The third kappa shape index (κ3) is 46.4. The Morgan fingerprint density at radius 2 is 0.812 bits per heavy atom. The maximum absolute atomic E-state index is 9.89. The maximum atomic E-state index is 9.89. The maximum Gasteiger partial charge on any atom is 0.142 e. The lowest BCUT2D eigenvalue weighted by Gasteiger charge is -1.95. The van der Waals surface area contributed by atoms with Gasteiger partial charge in [-0.25, -0.2) is 0 Å². The van der Waals surface area contributed by atoms with Crippen LogP contribution >= 0.6 is 0 Å². The van der Waals surface area contributed by atoms with E-state index in [1.165, 1.54) is 89.5 Å². The third-order valence-electron chi connectivity index (χ3n) is 4.78. The number of unbranched alkanes of at least 4 members (excludes halogenated alkanes) is 14. The highest BCUT2D eigenvalue weighted by atomic mass is 16.1. The van der Waals surface area contributed by atoms with Gasteiger partial charge in [-0.1, -0.05) is 116 Å². The number of rotatable bonds is 20. The normalized spacial score (nSPS) is 10.6. The molecule has 0 N–H and O–H groups in total. The highest BCUT2D eigenvalue weighted by Gasteiger charge is 1.88. The summed E-state index contributed by atoms with van der Waals surface area (Å²) in [7, 11) is 0. The molecule has 0 saturated carbocycles. The molecule has 0 saturated heterocycles. The number of hydrogen-bond acceptors (Lipinski definition) is 3. The van der Waals surface area contributed by atoms with Crippen LogP contribution in [-0.2, 0) is 14.4 Å². The number of allylic oxidation sites excluding steroid dienone is 6. The van der Waals surface area contributed by atoms with E-state index in [1.807, 2.05) is 12.2 Å². The van der Waals surface area contributed by atoms with Crippen LogP contribution in [0.4, 0.5) is 0 Å². The summed E-state index contributed by atoms with van der Waals surface area (Å²) in [5.74, 6) is 0. The highest BCUT2D eigenvalue weighted by Crippen LogP contribution is 2.06. The fourth-order valence-electron chi connectivity index (χ4n) is 2.82. The molecule has 3 heteroatoms. The zero-order chi connectivity index (χ0) is 24.4. The fourth-order valence-corrected chi connectivity index (χ4v) is 2.82. The average Bonchev–Trinajstić information content (AvgIpc) is 2.81. The minimum atomic E-state index is 0.756. The molecular formula is C29H52O3. The summed E-state index contributed by atoms with van der Waals surface area (Å²) in [6, 6.07) is 0. The summed E-state index contributed by atoms with van der Waals surface area (Å²) in [4.78, 5) is 29.6. The molecule has 0 atom stereocenters. The summed E-state index contributed by atoms with van der Waals surface area (Å²) in [6.45, 7) is 6.62. The van der Waals surface area contributed by atoms with Crippen molar-refractivity contribution < 1.29 is 14.4 Å². The van der Waals surface area contributed by atoms with Crippen LogP contribution in [0.5, 0.6) is 0 Å². The van der Waals surface area contributed by atoms with Gasteiger partial charge in [-0.05, 0) is 44.3 Å². The standard InChI is InChI=1S/C10H18O.C10H16O.C9H18O/c2*1-2-3-4-5-6-7-8-9-10-11;1-2-3-4-5-6-7-8-9-10/h8-10H,2-7H2,1H3;6-10H,2-5H2,1H3;9H,2-8H2,1H3. The first kappa shape index (κ1) is 34.8. The number of aldehydes is 3. The number of hydrogen-bond donors (Lipinski definition) is 0. The first-order valence-corrected chi connectivity index (χ1v) is 13.1. The smallest absolute Gasteiger partial charge is 0.142 e. The molecule has 0 rings (SSSR count). The monoisotopic (exact) mass is 448 g/mol. The second-order valence-corrected chi connectivity index (χ2v) is 7.94. The van der Waals surface area contributed by atoms with Gasteiger partial charge in [0.1, 0.15) is 18.9 Å². The molecule has 0 aliphatic heterocycles. The average molecular weight is 449 g/mol. The van der Waals surface area contributed by atoms with E-state index in [-0.39, 0.29) is 0 Å². The largest absolute Gasteiger partial charge is 0.303 e. The fraction of sp³-hybridized carbons (Fsp3) is 0.690. The molecule has 32 heavy (non-hydrogen) atoms. The Morgan fingerprint density at radius 3 is 1.31 bits per heavy atom. The molecule has 0 aromatic carbocycles. The van der Waals surface area contributed by atoms with E-state index in [2.05, 4.69) is 26.8 Å². The molecule has 186 valence electrons. The quantitative estimate of drug-likeness (QED) is 0.0808. The molecule has 3 nitrogen and oxygen atoms in total. The summed E-state index contributed by atoms with van der Waals surface area (Å²) in [5.41, 5.74) is 0. The van der Waals surface area contributed by atoms with E-state index in [1.54, 1.807) is 12.2 Å². The number of carbonyl (C=O) groups excluding carboxylic acids is 3. The van der Waals surface area contributed by atoms with Crippen LogP contribution in [0.1, 0.15) is 130 Å². The van der Waals surface area contributed by atoms with E-state index in [0.717, 1.165) is 44.5 Å². The number of carbonyl (C=O) groups is 3. The molecule has 0 aliphatic carbocycles. The third-order valence-corrected chi connectivity index (χ3v) is 4.78. The summed E-state index contributed by atoms with van der Waals surface area (Å²) in [5, 5.41) is 0. The molecule has 0 aromatic rings. The van der Waals surface area contributed by atoms with Gasteiger partial charge < -0.3 is 4.79 Å². The minimum Gasteiger partial charge on any atom is -0.303 e. The van der Waals surface area contributed by atoms with Crippen LogP contribution in [0.2, 0.25) is 0 Å². The predicted octanol–water partition coefficient (Wildman–Crippen LogP) is 8.92. The molecular weight excluding hydrogens is 396 g/mol. The van der Waals surface area contributed by atoms with Gasteiger partial charge in [-0.2, -0.15) is 0 Å². The zero-order valence-electron chi connectivity index (χ0n) is 21.4. The molecule has 0 spiro atoms. The van der Waals surface area contributed by atoms with E-state index in [9.17, 15) is 14.4 Å². The van der Waals surface area contributed by atoms with Gasteiger partial charge >= 0.3 is 0 Å². The summed E-state index contributed by atoms with van der Waals surface area (Å²) >= 11 is 0. The van der Waals surface area contributed by atoms with Crippen LogP contribution < -0.4 is 0 Å². The SMILES string of the molecule is CCCCCC=CC=CC=O.CCCCCCCC=CC=O.CCCCCCCCC=O. The Bertz CT molecular complexity index is 436. The second-order valence-electron chi connectivity index (χ2n) is 7.94. The Kier molecular flexibility index (Phi) is 43.2. The Balaban J connectivity index is -0.000000395. The molecule has 0 amide bonds. The van der Waals surface area contributed by atoms with E-state index < -0.39 is 0 Å². The second kappa shape index (κ2) is 39.7. The van der Waals surface area contributed by atoms with Crippen molar-refractivity contribution in [2.45, 2.75) is 130 Å². The molecule has 0 heterocycles.